The lowest BCUT2D eigenvalue weighted by molar-refractivity contribution is -0.137. The van der Waals surface area contributed by atoms with E-state index in [-0.39, 0.29) is 18.4 Å². The molecule has 15 heteroatoms. The summed E-state index contributed by atoms with van der Waals surface area (Å²) in [6.45, 7) is 2.61. The molecule has 41 heavy (non-hydrogen) atoms. The number of carbonyl (C=O) groups excluding carboxylic acids is 1. The molecule has 220 valence electrons. The molecule has 4 rings (SSSR count). The van der Waals surface area contributed by atoms with Gasteiger partial charge in [0.25, 0.3) is 5.91 Å². The maximum atomic E-state index is 13.8. The normalized spacial score (nSPS) is 14.9. The molecule has 1 aromatic carbocycles. The zero-order valence-corrected chi connectivity index (χ0v) is 23.8. The number of aromatic nitrogens is 3. The standard InChI is InChI=1S/C26H31F3N8O3S/c1-35-10-12-37(13-11-35)24(38)17-7-8-21(40-3)20(14-17)33-25-32-16-19(26(27,28)29)22(34-25)31-15-18-6-5-9-30-23(18)36(2)41(4)39/h5-9,14,16H,10-13,15H2,1-4H3,(H2,31,32,33,34). The lowest BCUT2D eigenvalue weighted by atomic mass is 10.1. The molecule has 1 aliphatic rings. The molecule has 2 aromatic heterocycles. The van der Waals surface area contributed by atoms with Gasteiger partial charge in [0.05, 0.1) is 12.8 Å². The summed E-state index contributed by atoms with van der Waals surface area (Å²) in [4.78, 5) is 29.2. The van der Waals surface area contributed by atoms with Gasteiger partial charge in [0.2, 0.25) is 5.95 Å². The molecule has 1 saturated heterocycles. The highest BCUT2D eigenvalue weighted by molar-refractivity contribution is 7.85. The first-order valence-electron chi connectivity index (χ1n) is 12.6. The fourth-order valence-corrected chi connectivity index (χ4v) is 4.60. The average molecular weight is 593 g/mol. The number of likely N-dealkylation sites (N-methyl/N-ethyl adjacent to an activating group) is 1. The van der Waals surface area contributed by atoms with Crippen LogP contribution in [0.25, 0.3) is 0 Å². The molecular formula is C26H31F3N8O3S. The minimum absolute atomic E-state index is 0.0808. The molecule has 0 aliphatic carbocycles. The first kappa shape index (κ1) is 30.0. The number of amides is 1. The number of nitrogens with zero attached hydrogens (tertiary/aromatic N) is 6. The van der Waals surface area contributed by atoms with Crippen molar-refractivity contribution in [1.29, 1.82) is 0 Å². The Hall–Kier alpha value is -3.98. The lowest BCUT2D eigenvalue weighted by Crippen LogP contribution is -2.47. The van der Waals surface area contributed by atoms with Crippen molar-refractivity contribution in [3.05, 3.63) is 59.4 Å². The second kappa shape index (κ2) is 12.7. The van der Waals surface area contributed by atoms with Crippen LogP contribution >= 0.6 is 0 Å². The number of nitrogens with one attached hydrogen (secondary N) is 2. The van der Waals surface area contributed by atoms with Crippen molar-refractivity contribution in [1.82, 2.24) is 24.8 Å². The number of carbonyl (C=O) groups is 1. The smallest absolute Gasteiger partial charge is 0.421 e. The van der Waals surface area contributed by atoms with Crippen LogP contribution in [0.4, 0.5) is 36.4 Å². The maximum absolute atomic E-state index is 13.8. The predicted molar refractivity (Wildman–Crippen MR) is 151 cm³/mol. The number of methoxy groups -OCH3 is 1. The number of hydrogen-bond donors (Lipinski definition) is 2. The number of benzene rings is 1. The second-order valence-corrected chi connectivity index (χ2v) is 10.7. The summed E-state index contributed by atoms with van der Waals surface area (Å²) < 4.78 is 60.3. The molecule has 0 radical (unpaired) electrons. The highest BCUT2D eigenvalue weighted by Crippen LogP contribution is 2.35. The van der Waals surface area contributed by atoms with Crippen LogP contribution in [0.1, 0.15) is 21.5 Å². The van der Waals surface area contributed by atoms with Gasteiger partial charge in [0.15, 0.2) is 0 Å². The van der Waals surface area contributed by atoms with Gasteiger partial charge in [-0.15, -0.1) is 0 Å². The number of halogens is 3. The van der Waals surface area contributed by atoms with E-state index in [2.05, 4.69) is 30.5 Å². The van der Waals surface area contributed by atoms with Crippen molar-refractivity contribution >= 4 is 40.2 Å². The van der Waals surface area contributed by atoms with Gasteiger partial charge in [-0.2, -0.15) is 18.2 Å². The summed E-state index contributed by atoms with van der Waals surface area (Å²) in [6, 6.07) is 8.10. The van der Waals surface area contributed by atoms with E-state index in [4.69, 9.17) is 4.74 Å². The molecule has 3 heterocycles. The number of hydrogen-bond acceptors (Lipinski definition) is 9. The summed E-state index contributed by atoms with van der Waals surface area (Å²) in [5, 5.41) is 5.62. The van der Waals surface area contributed by atoms with E-state index in [1.165, 1.54) is 23.9 Å². The van der Waals surface area contributed by atoms with Crippen LogP contribution in [-0.2, 0) is 23.7 Å². The average Bonchev–Trinajstić information content (AvgIpc) is 2.95. The maximum Gasteiger partial charge on any atom is 0.421 e. The topological polar surface area (TPSA) is 116 Å². The van der Waals surface area contributed by atoms with Gasteiger partial charge in [-0.05, 0) is 31.3 Å². The fraction of sp³-hybridized carbons (Fsp3) is 0.385. The van der Waals surface area contributed by atoms with Crippen LogP contribution < -0.4 is 19.7 Å². The predicted octanol–water partition coefficient (Wildman–Crippen LogP) is 3.37. The molecular weight excluding hydrogens is 561 g/mol. The van der Waals surface area contributed by atoms with Gasteiger partial charge in [0.1, 0.15) is 33.9 Å². The van der Waals surface area contributed by atoms with Gasteiger partial charge >= 0.3 is 6.18 Å². The Morgan fingerprint density at radius 3 is 2.56 bits per heavy atom. The lowest BCUT2D eigenvalue weighted by Gasteiger charge is -2.32. The highest BCUT2D eigenvalue weighted by atomic mass is 32.2. The molecule has 2 N–H and O–H groups in total. The minimum atomic E-state index is -4.73. The summed E-state index contributed by atoms with van der Waals surface area (Å²) in [6.07, 6.45) is -1.07. The Labute approximate surface area is 238 Å². The van der Waals surface area contributed by atoms with E-state index in [0.29, 0.717) is 47.7 Å². The summed E-state index contributed by atoms with van der Waals surface area (Å²) in [7, 11) is 3.62. The molecule has 3 aromatic rings. The number of pyridine rings is 1. The Kier molecular flexibility index (Phi) is 9.28. The summed E-state index contributed by atoms with van der Waals surface area (Å²) in [5.41, 5.74) is 0.166. The van der Waals surface area contributed by atoms with Crippen molar-refractivity contribution in [2.24, 2.45) is 0 Å². The van der Waals surface area contributed by atoms with Crippen molar-refractivity contribution < 1.29 is 26.9 Å². The Bertz CT molecular complexity index is 1420. The molecule has 0 spiro atoms. The van der Waals surface area contributed by atoms with Gasteiger partial charge in [-0.25, -0.2) is 14.2 Å². The number of piperazine rings is 1. The molecule has 1 unspecified atom stereocenters. The number of anilines is 4. The van der Waals surface area contributed by atoms with Gasteiger partial charge in [0, 0.05) is 69.5 Å². The second-order valence-electron chi connectivity index (χ2n) is 9.35. The molecule has 1 fully saturated rings. The number of alkyl halides is 3. The molecule has 0 bridgehead atoms. The van der Waals surface area contributed by atoms with E-state index < -0.39 is 28.5 Å². The molecule has 1 atom stereocenters. The van der Waals surface area contributed by atoms with Crippen LogP contribution in [-0.4, -0.2) is 88.5 Å². The highest BCUT2D eigenvalue weighted by Gasteiger charge is 2.35. The number of ether oxygens (including phenoxy) is 1. The van der Waals surface area contributed by atoms with Gasteiger partial charge in [-0.3, -0.25) is 9.10 Å². The fourth-order valence-electron chi connectivity index (χ4n) is 4.19. The van der Waals surface area contributed by atoms with Crippen molar-refractivity contribution in [3.63, 3.8) is 0 Å². The van der Waals surface area contributed by atoms with E-state index in [1.807, 2.05) is 7.05 Å². The molecule has 1 aliphatic heterocycles. The van der Waals surface area contributed by atoms with E-state index in [1.54, 1.807) is 42.3 Å². The van der Waals surface area contributed by atoms with Crippen LogP contribution in [0.3, 0.4) is 0 Å². The Morgan fingerprint density at radius 1 is 1.17 bits per heavy atom. The first-order valence-corrected chi connectivity index (χ1v) is 14.1. The monoisotopic (exact) mass is 592 g/mol. The first-order chi connectivity index (χ1) is 19.5. The largest absolute Gasteiger partial charge is 0.495 e. The van der Waals surface area contributed by atoms with Gasteiger partial charge in [-0.1, -0.05) is 6.07 Å². The van der Waals surface area contributed by atoms with Crippen LogP contribution in [0.5, 0.6) is 5.75 Å². The summed E-state index contributed by atoms with van der Waals surface area (Å²) >= 11 is 0. The van der Waals surface area contributed by atoms with Crippen molar-refractivity contribution in [2.45, 2.75) is 12.7 Å². The zero-order valence-electron chi connectivity index (χ0n) is 23.0. The molecule has 0 saturated carbocycles. The number of rotatable bonds is 9. The zero-order chi connectivity index (χ0) is 29.7. The van der Waals surface area contributed by atoms with Crippen LogP contribution in [0.15, 0.2) is 42.7 Å². The van der Waals surface area contributed by atoms with E-state index >= 15 is 0 Å². The van der Waals surface area contributed by atoms with E-state index in [9.17, 15) is 22.2 Å². The third kappa shape index (κ3) is 7.21. The van der Waals surface area contributed by atoms with Crippen LogP contribution in [0.2, 0.25) is 0 Å². The van der Waals surface area contributed by atoms with Crippen LogP contribution in [0, 0.1) is 0 Å². The summed E-state index contributed by atoms with van der Waals surface area (Å²) in [5.74, 6) is -0.0541. The quantitative estimate of drug-likeness (QED) is 0.386. The van der Waals surface area contributed by atoms with E-state index in [0.717, 1.165) is 13.1 Å². The minimum Gasteiger partial charge on any atom is -0.495 e. The molecule has 11 nitrogen and oxygen atoms in total. The van der Waals surface area contributed by atoms with Crippen molar-refractivity contribution in [3.8, 4) is 5.75 Å². The van der Waals surface area contributed by atoms with Gasteiger partial charge < -0.3 is 25.2 Å². The molecule has 1 amide bonds. The van der Waals surface area contributed by atoms with Crippen molar-refractivity contribution in [2.75, 3.05) is 68.6 Å². The third-order valence-corrected chi connectivity index (χ3v) is 7.52. The Balaban J connectivity index is 1.61. The Morgan fingerprint density at radius 2 is 1.90 bits per heavy atom. The SMILES string of the molecule is COc1ccc(C(=O)N2CCN(C)CC2)cc1Nc1ncc(C(F)(F)F)c(NCc2cccnc2N(C)S(C)=O)n1. The third-order valence-electron chi connectivity index (χ3n) is 6.58.